The van der Waals surface area contributed by atoms with Crippen LogP contribution >= 0.6 is 0 Å². The molecule has 3 saturated heterocycles. The van der Waals surface area contributed by atoms with Gasteiger partial charge in [0.2, 0.25) is 0 Å². The van der Waals surface area contributed by atoms with Crippen LogP contribution in [0, 0.1) is 0 Å². The molecule has 0 bridgehead atoms. The zero-order chi connectivity index (χ0) is 28.3. The van der Waals surface area contributed by atoms with Gasteiger partial charge in [0.15, 0.2) is 0 Å². The predicted octanol–water partition coefficient (Wildman–Crippen LogP) is -0.864. The number of hydroxylamine groups is 6. The summed E-state index contributed by atoms with van der Waals surface area (Å²) >= 11 is 0. The number of nitrogens with zero attached hydrogens (tertiary/aromatic N) is 3. The summed E-state index contributed by atoms with van der Waals surface area (Å²) in [6.45, 7) is 0. The highest BCUT2D eigenvalue weighted by atomic mass is 16.7. The third kappa shape index (κ3) is 6.49. The Labute approximate surface area is 219 Å². The average molecular weight is 543 g/mol. The van der Waals surface area contributed by atoms with Crippen LogP contribution in [0.3, 0.4) is 0 Å². The summed E-state index contributed by atoms with van der Waals surface area (Å²) in [5.41, 5.74) is 0.608. The van der Waals surface area contributed by atoms with E-state index in [2.05, 4.69) is 0 Å². The van der Waals surface area contributed by atoms with Crippen LogP contribution in [0.2, 0.25) is 0 Å². The summed E-state index contributed by atoms with van der Waals surface area (Å²) in [6.07, 6.45) is -2.02. The van der Waals surface area contributed by atoms with Crippen molar-refractivity contribution in [1.82, 2.24) is 15.2 Å². The molecule has 3 aliphatic heterocycles. The van der Waals surface area contributed by atoms with E-state index in [1.807, 2.05) is 0 Å². The molecule has 0 unspecified atom stereocenters. The lowest BCUT2D eigenvalue weighted by molar-refractivity contribution is -0.197. The van der Waals surface area contributed by atoms with Crippen molar-refractivity contribution in [1.29, 1.82) is 0 Å². The molecular formula is C24H21N3O12. The van der Waals surface area contributed by atoms with Gasteiger partial charge in [-0.15, -0.1) is 15.2 Å². The van der Waals surface area contributed by atoms with Gasteiger partial charge in [-0.25, -0.2) is 14.4 Å². The van der Waals surface area contributed by atoms with Gasteiger partial charge in [0.05, 0.1) is 19.3 Å². The number of rotatable bonds is 9. The van der Waals surface area contributed by atoms with Gasteiger partial charge in [0, 0.05) is 38.5 Å². The second-order valence-corrected chi connectivity index (χ2v) is 8.82. The van der Waals surface area contributed by atoms with Crippen LogP contribution in [0.15, 0.2) is 18.2 Å². The Morgan fingerprint density at radius 3 is 0.872 bits per heavy atom. The summed E-state index contributed by atoms with van der Waals surface area (Å²) in [5, 5.41) is 1.11. The van der Waals surface area contributed by atoms with Gasteiger partial charge in [-0.05, 0) is 16.7 Å². The molecule has 0 saturated carbocycles. The molecule has 1 aromatic rings. The molecule has 1 aromatic carbocycles. The molecule has 0 atom stereocenters. The molecule has 6 amide bonds. The Hall–Kier alpha value is -4.95. The third-order valence-corrected chi connectivity index (χ3v) is 5.75. The van der Waals surface area contributed by atoms with Gasteiger partial charge in [-0.1, -0.05) is 18.2 Å². The summed E-state index contributed by atoms with van der Waals surface area (Å²) in [6, 6.07) is 4.14. The van der Waals surface area contributed by atoms with Gasteiger partial charge in [0.1, 0.15) is 0 Å². The first kappa shape index (κ1) is 27.1. The van der Waals surface area contributed by atoms with Crippen LogP contribution in [0.5, 0.6) is 0 Å². The molecule has 204 valence electrons. The molecule has 3 heterocycles. The number of hydrogen-bond donors (Lipinski definition) is 0. The van der Waals surface area contributed by atoms with E-state index in [4.69, 9.17) is 14.5 Å². The normalized spacial score (nSPS) is 17.4. The van der Waals surface area contributed by atoms with Crippen molar-refractivity contribution < 1.29 is 57.7 Å². The van der Waals surface area contributed by atoms with Crippen LogP contribution in [0.4, 0.5) is 0 Å². The SMILES string of the molecule is O=C(Cc1cc(CC(=O)ON2C(=O)CCC2=O)cc(CC(=O)ON2C(=O)CCC2=O)c1)ON1C(=O)CCC1=O. The molecule has 0 radical (unpaired) electrons. The summed E-state index contributed by atoms with van der Waals surface area (Å²) in [4.78, 5) is 122. The molecule has 0 N–H and O–H groups in total. The van der Waals surface area contributed by atoms with E-state index in [1.165, 1.54) is 18.2 Å². The molecule has 0 aliphatic carbocycles. The maximum atomic E-state index is 12.4. The van der Waals surface area contributed by atoms with Gasteiger partial charge < -0.3 is 14.5 Å². The van der Waals surface area contributed by atoms with Crippen LogP contribution in [-0.2, 0) is 76.9 Å². The maximum absolute atomic E-state index is 12.4. The van der Waals surface area contributed by atoms with Gasteiger partial charge >= 0.3 is 17.9 Å². The van der Waals surface area contributed by atoms with Crippen LogP contribution < -0.4 is 0 Å². The largest absolute Gasteiger partial charge is 0.337 e. The minimum atomic E-state index is -0.978. The van der Waals surface area contributed by atoms with E-state index in [-0.39, 0.29) is 55.2 Å². The fraction of sp³-hybridized carbons (Fsp3) is 0.375. The van der Waals surface area contributed by atoms with E-state index in [0.717, 1.165) is 0 Å². The standard InChI is InChI=1S/C24H21N3O12/c28-16-1-2-17(29)25(16)37-22(34)10-13-7-14(11-23(35)38-26-18(30)3-4-19(26)31)9-15(8-13)12-24(36)39-27-20(32)5-6-21(27)33/h7-9H,1-6,10-12H2. The lowest BCUT2D eigenvalue weighted by Gasteiger charge is -2.15. The Kier molecular flexibility index (Phi) is 7.78. The van der Waals surface area contributed by atoms with Gasteiger partial charge in [0.25, 0.3) is 35.4 Å². The maximum Gasteiger partial charge on any atom is 0.337 e. The van der Waals surface area contributed by atoms with E-state index in [0.29, 0.717) is 15.2 Å². The molecule has 0 aromatic heterocycles. The topological polar surface area (TPSA) is 191 Å². The Morgan fingerprint density at radius 1 is 0.462 bits per heavy atom. The zero-order valence-corrected chi connectivity index (χ0v) is 20.3. The minimum Gasteiger partial charge on any atom is -0.330 e. The minimum absolute atomic E-state index is 0.0972. The first-order valence-electron chi connectivity index (χ1n) is 11.8. The van der Waals surface area contributed by atoms with Gasteiger partial charge in [-0.2, -0.15) is 0 Å². The Balaban J connectivity index is 1.49. The molecule has 15 heteroatoms. The van der Waals surface area contributed by atoms with Crippen LogP contribution in [0.25, 0.3) is 0 Å². The zero-order valence-electron chi connectivity index (χ0n) is 20.3. The summed E-state index contributed by atoms with van der Waals surface area (Å²) < 4.78 is 0. The summed E-state index contributed by atoms with van der Waals surface area (Å²) in [7, 11) is 0. The monoisotopic (exact) mass is 543 g/mol. The first-order valence-corrected chi connectivity index (χ1v) is 11.8. The fourth-order valence-electron chi connectivity index (χ4n) is 4.02. The quantitative estimate of drug-likeness (QED) is 0.351. The number of hydrogen-bond acceptors (Lipinski definition) is 12. The highest BCUT2D eigenvalue weighted by Gasteiger charge is 2.35. The molecule has 3 aliphatic rings. The Bertz CT molecular complexity index is 1100. The number of benzene rings is 1. The Morgan fingerprint density at radius 2 is 0.667 bits per heavy atom. The lowest BCUT2D eigenvalue weighted by atomic mass is 10.00. The van der Waals surface area contributed by atoms with E-state index in [9.17, 15) is 43.2 Å². The number of amides is 6. The van der Waals surface area contributed by atoms with Crippen LogP contribution in [-0.4, -0.2) is 68.5 Å². The molecule has 3 fully saturated rings. The average Bonchev–Trinajstić information content (AvgIpc) is 3.47. The third-order valence-electron chi connectivity index (χ3n) is 5.75. The molecular weight excluding hydrogens is 522 g/mol. The number of imide groups is 3. The number of carbonyl (C=O) groups is 9. The first-order chi connectivity index (χ1) is 18.5. The van der Waals surface area contributed by atoms with Crippen LogP contribution in [0.1, 0.15) is 55.2 Å². The van der Waals surface area contributed by atoms with Crippen molar-refractivity contribution in [2.45, 2.75) is 57.8 Å². The highest BCUT2D eigenvalue weighted by Crippen LogP contribution is 2.19. The highest BCUT2D eigenvalue weighted by molar-refractivity contribution is 6.03. The molecule has 0 spiro atoms. The van der Waals surface area contributed by atoms with Crippen molar-refractivity contribution in [2.75, 3.05) is 0 Å². The van der Waals surface area contributed by atoms with E-state index in [1.54, 1.807) is 0 Å². The molecule has 4 rings (SSSR count). The molecule has 15 nitrogen and oxygen atoms in total. The van der Waals surface area contributed by atoms with Crippen molar-refractivity contribution in [3.05, 3.63) is 34.9 Å². The molecule has 39 heavy (non-hydrogen) atoms. The van der Waals surface area contributed by atoms with E-state index >= 15 is 0 Å². The van der Waals surface area contributed by atoms with Gasteiger partial charge in [-0.3, -0.25) is 28.8 Å². The van der Waals surface area contributed by atoms with Crippen molar-refractivity contribution in [3.63, 3.8) is 0 Å². The number of carbonyl (C=O) groups excluding carboxylic acids is 9. The van der Waals surface area contributed by atoms with Crippen molar-refractivity contribution in [2.24, 2.45) is 0 Å². The van der Waals surface area contributed by atoms with Crippen molar-refractivity contribution in [3.8, 4) is 0 Å². The van der Waals surface area contributed by atoms with E-state index < -0.39 is 72.6 Å². The second-order valence-electron chi connectivity index (χ2n) is 8.82. The lowest BCUT2D eigenvalue weighted by Crippen LogP contribution is -2.33. The fourth-order valence-corrected chi connectivity index (χ4v) is 4.02. The predicted molar refractivity (Wildman–Crippen MR) is 119 cm³/mol. The summed E-state index contributed by atoms with van der Waals surface area (Å²) in [5.74, 6) is -6.99. The van der Waals surface area contributed by atoms with Crippen molar-refractivity contribution >= 4 is 53.4 Å². The smallest absolute Gasteiger partial charge is 0.330 e. The second kappa shape index (κ2) is 11.2.